The first kappa shape index (κ1) is 15.6. The average molecular weight is 132 g/mol. The van der Waals surface area contributed by atoms with Crippen LogP contribution in [0.15, 0.2) is 5.34 Å². The number of hydrogen-bond acceptors (Lipinski definition) is 5. The van der Waals surface area contributed by atoms with Gasteiger partial charge in [0.2, 0.25) is 0 Å². The van der Waals surface area contributed by atoms with E-state index in [4.69, 9.17) is 25.4 Å². The van der Waals surface area contributed by atoms with E-state index in [-0.39, 0.29) is 29.6 Å². The van der Waals surface area contributed by atoms with E-state index in [9.17, 15) is 0 Å². The summed E-state index contributed by atoms with van der Waals surface area (Å²) in [5, 5.41) is 22.6. The number of nitrogens with zero attached hydrogens (tertiary/aromatic N) is 2. The van der Waals surface area contributed by atoms with E-state index in [0.717, 1.165) is 5.34 Å². The van der Waals surface area contributed by atoms with Gasteiger partial charge in [0.25, 0.3) is 5.09 Å². The van der Waals surface area contributed by atoms with Crippen LogP contribution >= 0.6 is 0 Å². The molecular formula is HN2NaO5. The Bertz CT molecular complexity index is 57.4. The minimum atomic E-state index is -1.50. The minimum absolute atomic E-state index is 0. The van der Waals surface area contributed by atoms with Crippen molar-refractivity contribution in [3.63, 3.8) is 0 Å². The molecule has 0 spiro atoms. The van der Waals surface area contributed by atoms with Gasteiger partial charge < -0.3 is 15.3 Å². The predicted octanol–water partition coefficient (Wildman–Crippen LogP) is -3.09. The molecule has 0 atom stereocenters. The molecule has 0 saturated carbocycles. The second-order valence-corrected chi connectivity index (χ2v) is 0.312. The van der Waals surface area contributed by atoms with Gasteiger partial charge in [-0.05, 0) is 0 Å². The standard InChI is InChI=1S/HNO3.HNO2.Na/c2-1(3)4;2-1-3;/h(H,2,3,4);(H,2,3);/q;;+1/p-1. The topological polar surface area (TPSA) is 116 Å². The maximum atomic E-state index is 8.36. The van der Waals surface area contributed by atoms with Gasteiger partial charge >= 0.3 is 29.6 Å². The van der Waals surface area contributed by atoms with Crippen LogP contribution in [0.1, 0.15) is 0 Å². The fraction of sp³-hybridized carbons (Fsp3) is 0. The van der Waals surface area contributed by atoms with Gasteiger partial charge in [0.1, 0.15) is 0 Å². The molecule has 0 rings (SSSR count). The summed E-state index contributed by atoms with van der Waals surface area (Å²) >= 11 is 0. The van der Waals surface area contributed by atoms with Crippen molar-refractivity contribution in [3.8, 4) is 0 Å². The van der Waals surface area contributed by atoms with Crippen LogP contribution in [0, 0.1) is 20.2 Å². The fourth-order valence-corrected chi connectivity index (χ4v) is 0. The molecule has 1 N–H and O–H groups in total. The zero-order chi connectivity index (χ0) is 6.28. The molecule has 0 radical (unpaired) electrons. The fourth-order valence-electron chi connectivity index (χ4n) is 0. The molecule has 8 heavy (non-hydrogen) atoms. The van der Waals surface area contributed by atoms with Crippen LogP contribution in [0.2, 0.25) is 0 Å². The summed E-state index contributed by atoms with van der Waals surface area (Å²) < 4.78 is 0. The number of rotatable bonds is 0. The molecule has 8 heteroatoms. The molecule has 0 aromatic heterocycles. The van der Waals surface area contributed by atoms with E-state index in [0.29, 0.717) is 0 Å². The van der Waals surface area contributed by atoms with Crippen molar-refractivity contribution in [1.82, 2.24) is 0 Å². The van der Waals surface area contributed by atoms with Crippen LogP contribution in [0.5, 0.6) is 0 Å². The Balaban J connectivity index is -0.0000000575. The molecule has 0 aromatic carbocycles. The smallest absolute Gasteiger partial charge is 0.444 e. The summed E-state index contributed by atoms with van der Waals surface area (Å²) in [4.78, 5) is 16.4. The van der Waals surface area contributed by atoms with Crippen molar-refractivity contribution in [3.05, 3.63) is 20.2 Å². The monoisotopic (exact) mass is 132 g/mol. The first-order chi connectivity index (χ1) is 3.15. The molecule has 0 heterocycles. The summed E-state index contributed by atoms with van der Waals surface area (Å²) in [6.07, 6.45) is 0. The average Bonchev–Trinajstić information content (AvgIpc) is 1.33. The van der Waals surface area contributed by atoms with Crippen molar-refractivity contribution in [2.75, 3.05) is 0 Å². The van der Waals surface area contributed by atoms with Crippen LogP contribution in [0.4, 0.5) is 0 Å². The normalized spacial score (nSPS) is 4.50. The Hall–Kier alpha value is -0.400. The van der Waals surface area contributed by atoms with Crippen LogP contribution in [0.3, 0.4) is 0 Å². The van der Waals surface area contributed by atoms with Crippen LogP contribution < -0.4 is 29.6 Å². The molecule has 0 aliphatic rings. The van der Waals surface area contributed by atoms with Crippen molar-refractivity contribution in [2.24, 2.45) is 5.34 Å². The van der Waals surface area contributed by atoms with Crippen LogP contribution in [-0.4, -0.2) is 10.3 Å². The van der Waals surface area contributed by atoms with E-state index in [1.54, 1.807) is 0 Å². The van der Waals surface area contributed by atoms with Gasteiger partial charge in [-0.3, -0.25) is 0 Å². The molecule has 0 fully saturated rings. The molecule has 0 bridgehead atoms. The Kier molecular flexibility index (Phi) is 31.2. The SMILES string of the molecule is O=N[O-].O=[N+]([O-])O.[Na+]. The first-order valence-corrected chi connectivity index (χ1v) is 0.930. The van der Waals surface area contributed by atoms with E-state index in [1.807, 2.05) is 0 Å². The quantitative estimate of drug-likeness (QED) is 0.162. The molecule has 0 aliphatic carbocycles. The molecular weight excluding hydrogens is 131 g/mol. The van der Waals surface area contributed by atoms with Gasteiger partial charge in [-0.25, -0.2) is 0 Å². The van der Waals surface area contributed by atoms with Crippen LogP contribution in [0.25, 0.3) is 0 Å². The van der Waals surface area contributed by atoms with E-state index in [2.05, 4.69) is 0 Å². The second kappa shape index (κ2) is 16.0. The third-order valence-electron chi connectivity index (χ3n) is 0. The summed E-state index contributed by atoms with van der Waals surface area (Å²) in [5.41, 5.74) is 0. The Labute approximate surface area is 65.6 Å². The van der Waals surface area contributed by atoms with Crippen molar-refractivity contribution in [1.29, 1.82) is 0 Å². The maximum absolute atomic E-state index is 8.36. The molecule has 0 amide bonds. The Morgan fingerprint density at radius 1 is 1.62 bits per heavy atom. The molecule has 7 nitrogen and oxygen atoms in total. The number of hydrogen-bond donors (Lipinski definition) is 1. The van der Waals surface area contributed by atoms with E-state index < -0.39 is 5.09 Å². The Morgan fingerprint density at radius 2 is 1.62 bits per heavy atom. The zero-order valence-electron chi connectivity index (χ0n) is 3.97. The van der Waals surface area contributed by atoms with Crippen molar-refractivity contribution < 1.29 is 39.9 Å². The van der Waals surface area contributed by atoms with Gasteiger partial charge in [-0.2, -0.15) is 0 Å². The van der Waals surface area contributed by atoms with E-state index >= 15 is 0 Å². The van der Waals surface area contributed by atoms with Crippen LogP contribution in [-0.2, 0) is 0 Å². The van der Waals surface area contributed by atoms with Gasteiger partial charge in [-0.1, -0.05) is 0 Å². The van der Waals surface area contributed by atoms with Gasteiger partial charge in [0.05, 0.1) is 0 Å². The van der Waals surface area contributed by atoms with Gasteiger partial charge in [-0.15, -0.1) is 15.5 Å². The molecule has 0 unspecified atom stereocenters. The third kappa shape index (κ3) is 741. The third-order valence-corrected chi connectivity index (χ3v) is 0. The molecule has 0 aliphatic heterocycles. The first-order valence-electron chi connectivity index (χ1n) is 0.930. The second-order valence-electron chi connectivity index (χ2n) is 0.312. The summed E-state index contributed by atoms with van der Waals surface area (Å²) in [6, 6.07) is 0. The predicted molar refractivity (Wildman–Crippen MR) is 17.9 cm³/mol. The van der Waals surface area contributed by atoms with E-state index in [1.165, 1.54) is 0 Å². The Morgan fingerprint density at radius 3 is 1.62 bits per heavy atom. The summed E-state index contributed by atoms with van der Waals surface area (Å²) in [6.45, 7) is 0. The molecule has 0 aromatic rings. The zero-order valence-corrected chi connectivity index (χ0v) is 5.97. The minimum Gasteiger partial charge on any atom is -0.444 e. The summed E-state index contributed by atoms with van der Waals surface area (Å²) in [7, 11) is 0. The maximum Gasteiger partial charge on any atom is 1.00 e. The largest absolute Gasteiger partial charge is 1.00 e. The summed E-state index contributed by atoms with van der Waals surface area (Å²) in [5.74, 6) is 0. The van der Waals surface area contributed by atoms with Crippen molar-refractivity contribution in [2.45, 2.75) is 0 Å². The molecule has 42 valence electrons. The van der Waals surface area contributed by atoms with Gasteiger partial charge in [0, 0.05) is 0 Å². The molecule has 0 saturated heterocycles. The van der Waals surface area contributed by atoms with Crippen molar-refractivity contribution >= 4 is 0 Å². The van der Waals surface area contributed by atoms with Gasteiger partial charge in [0.15, 0.2) is 0 Å².